The van der Waals surface area contributed by atoms with Crippen molar-refractivity contribution in [2.75, 3.05) is 6.54 Å². The molecule has 0 unspecified atom stereocenters. The molecule has 4 nitrogen and oxygen atoms in total. The van der Waals surface area contributed by atoms with Crippen LogP contribution < -0.4 is 5.32 Å². The normalized spacial score (nSPS) is 17.7. The number of nitrogens with zero attached hydrogens (tertiary/aromatic N) is 1. The van der Waals surface area contributed by atoms with E-state index in [1.807, 2.05) is 26.1 Å². The Bertz CT molecular complexity index is 451. The number of hydrogen-bond donors (Lipinski definition) is 1. The molecule has 1 heterocycles. The van der Waals surface area contributed by atoms with Crippen molar-refractivity contribution in [3.63, 3.8) is 0 Å². The molecule has 0 aromatic carbocycles. The molecule has 1 fully saturated rings. The van der Waals surface area contributed by atoms with Gasteiger partial charge in [-0.25, -0.2) is 0 Å². The molecule has 1 amide bonds. The Kier molecular flexibility index (Phi) is 6.84. The molecule has 1 N–H and O–H groups in total. The number of nitrogens with one attached hydrogen (secondary N) is 1. The zero-order valence-corrected chi connectivity index (χ0v) is 13.8. The van der Waals surface area contributed by atoms with E-state index in [4.69, 9.17) is 4.74 Å². The minimum atomic E-state index is -0.362. The number of aryl methyl sites for hydroxylation is 1. The fourth-order valence-electron chi connectivity index (χ4n) is 2.85. The topological polar surface area (TPSA) is 51.2 Å². The molecule has 1 aliphatic rings. The molecular formula is C18H28N2O2. The Morgan fingerprint density at radius 1 is 1.32 bits per heavy atom. The largest absolute Gasteiger partial charge is 0.365 e. The van der Waals surface area contributed by atoms with E-state index in [-0.39, 0.29) is 18.1 Å². The summed E-state index contributed by atoms with van der Waals surface area (Å²) in [7, 11) is 0. The Labute approximate surface area is 133 Å². The number of carbonyl (C=O) groups excluding carboxylic acids is 1. The maximum Gasteiger partial charge on any atom is 0.248 e. The van der Waals surface area contributed by atoms with E-state index in [1.165, 1.54) is 25.7 Å². The third kappa shape index (κ3) is 5.76. The molecule has 1 aliphatic carbocycles. The number of carbonyl (C=O) groups is 1. The van der Waals surface area contributed by atoms with E-state index >= 15 is 0 Å². The second kappa shape index (κ2) is 8.89. The SMILES string of the molecule is Cc1ccc(CCNC(=O)[C@H](C)OC2CCCCCC2)cn1. The third-order valence-electron chi connectivity index (χ3n) is 4.25. The highest BCUT2D eigenvalue weighted by Crippen LogP contribution is 2.20. The molecular weight excluding hydrogens is 276 g/mol. The van der Waals surface area contributed by atoms with Gasteiger partial charge in [0.05, 0.1) is 6.10 Å². The van der Waals surface area contributed by atoms with Crippen molar-refractivity contribution in [2.45, 2.75) is 71.0 Å². The molecule has 0 spiro atoms. The lowest BCUT2D eigenvalue weighted by molar-refractivity contribution is -0.135. The van der Waals surface area contributed by atoms with Crippen LogP contribution in [-0.4, -0.2) is 29.6 Å². The fraction of sp³-hybridized carbons (Fsp3) is 0.667. The molecule has 122 valence electrons. The average molecular weight is 304 g/mol. The Morgan fingerprint density at radius 2 is 2.05 bits per heavy atom. The van der Waals surface area contributed by atoms with Crippen LogP contribution in [0.25, 0.3) is 0 Å². The summed E-state index contributed by atoms with van der Waals surface area (Å²) in [5.74, 6) is -0.00989. The molecule has 2 rings (SSSR count). The van der Waals surface area contributed by atoms with E-state index in [9.17, 15) is 4.79 Å². The maximum atomic E-state index is 12.1. The monoisotopic (exact) mass is 304 g/mol. The van der Waals surface area contributed by atoms with Gasteiger partial charge in [0, 0.05) is 18.4 Å². The lowest BCUT2D eigenvalue weighted by Crippen LogP contribution is -2.37. The van der Waals surface area contributed by atoms with Gasteiger partial charge >= 0.3 is 0 Å². The summed E-state index contributed by atoms with van der Waals surface area (Å²) in [5, 5.41) is 2.96. The summed E-state index contributed by atoms with van der Waals surface area (Å²) >= 11 is 0. The highest BCUT2D eigenvalue weighted by molar-refractivity contribution is 5.80. The highest BCUT2D eigenvalue weighted by atomic mass is 16.5. The predicted octanol–water partition coefficient (Wildman–Crippen LogP) is 3.18. The number of pyridine rings is 1. The number of rotatable bonds is 6. The van der Waals surface area contributed by atoms with Crippen molar-refractivity contribution in [1.82, 2.24) is 10.3 Å². The van der Waals surface area contributed by atoms with Crippen LogP contribution in [0.1, 0.15) is 56.7 Å². The first-order chi connectivity index (χ1) is 10.6. The van der Waals surface area contributed by atoms with Gasteiger partial charge in [0.2, 0.25) is 5.91 Å². The lowest BCUT2D eigenvalue weighted by Gasteiger charge is -2.20. The van der Waals surface area contributed by atoms with Crippen LogP contribution >= 0.6 is 0 Å². The van der Waals surface area contributed by atoms with Crippen LogP contribution in [0, 0.1) is 6.92 Å². The summed E-state index contributed by atoms with van der Waals surface area (Å²) in [6.45, 7) is 4.45. The zero-order valence-electron chi connectivity index (χ0n) is 13.8. The summed E-state index contributed by atoms with van der Waals surface area (Å²) in [6, 6.07) is 4.05. The highest BCUT2D eigenvalue weighted by Gasteiger charge is 2.20. The predicted molar refractivity (Wildman–Crippen MR) is 87.7 cm³/mol. The van der Waals surface area contributed by atoms with Gasteiger partial charge in [0.1, 0.15) is 6.10 Å². The molecule has 1 atom stereocenters. The minimum absolute atomic E-state index is 0.00989. The molecule has 1 saturated carbocycles. The van der Waals surface area contributed by atoms with Crippen molar-refractivity contribution in [3.8, 4) is 0 Å². The van der Waals surface area contributed by atoms with Gasteiger partial charge in [-0.2, -0.15) is 0 Å². The first-order valence-corrected chi connectivity index (χ1v) is 8.50. The van der Waals surface area contributed by atoms with E-state index < -0.39 is 0 Å². The molecule has 1 aromatic heterocycles. The quantitative estimate of drug-likeness (QED) is 0.821. The van der Waals surface area contributed by atoms with E-state index in [0.717, 1.165) is 30.5 Å². The van der Waals surface area contributed by atoms with Crippen molar-refractivity contribution >= 4 is 5.91 Å². The molecule has 1 aromatic rings. The summed E-state index contributed by atoms with van der Waals surface area (Å²) < 4.78 is 5.93. The summed E-state index contributed by atoms with van der Waals surface area (Å²) in [6.07, 6.45) is 9.78. The van der Waals surface area contributed by atoms with Gasteiger partial charge < -0.3 is 10.1 Å². The van der Waals surface area contributed by atoms with Gasteiger partial charge in [-0.3, -0.25) is 9.78 Å². The number of aromatic nitrogens is 1. The van der Waals surface area contributed by atoms with Gasteiger partial charge in [0.15, 0.2) is 0 Å². The van der Waals surface area contributed by atoms with Crippen molar-refractivity contribution < 1.29 is 9.53 Å². The third-order valence-corrected chi connectivity index (χ3v) is 4.25. The zero-order chi connectivity index (χ0) is 15.8. The van der Waals surface area contributed by atoms with Crippen LogP contribution in [0.3, 0.4) is 0 Å². The van der Waals surface area contributed by atoms with Crippen LogP contribution in [-0.2, 0) is 16.0 Å². The number of amides is 1. The first kappa shape index (κ1) is 16.9. The second-order valence-electron chi connectivity index (χ2n) is 6.24. The summed E-state index contributed by atoms with van der Waals surface area (Å²) in [5.41, 5.74) is 2.15. The van der Waals surface area contributed by atoms with Gasteiger partial charge in [0.25, 0.3) is 0 Å². The summed E-state index contributed by atoms with van der Waals surface area (Å²) in [4.78, 5) is 16.4. The van der Waals surface area contributed by atoms with E-state index in [0.29, 0.717) is 6.54 Å². The Balaban J connectivity index is 1.68. The van der Waals surface area contributed by atoms with Crippen LogP contribution in [0.5, 0.6) is 0 Å². The number of hydrogen-bond acceptors (Lipinski definition) is 3. The van der Waals surface area contributed by atoms with Crippen molar-refractivity contribution in [2.24, 2.45) is 0 Å². The van der Waals surface area contributed by atoms with Crippen molar-refractivity contribution in [3.05, 3.63) is 29.6 Å². The Hall–Kier alpha value is -1.42. The second-order valence-corrected chi connectivity index (χ2v) is 6.24. The average Bonchev–Trinajstić information content (AvgIpc) is 2.77. The van der Waals surface area contributed by atoms with Crippen LogP contribution in [0.2, 0.25) is 0 Å². The van der Waals surface area contributed by atoms with Crippen LogP contribution in [0.4, 0.5) is 0 Å². The fourth-order valence-corrected chi connectivity index (χ4v) is 2.85. The molecule has 0 bridgehead atoms. The molecule has 0 saturated heterocycles. The standard InChI is InChI=1S/C18H28N2O2/c1-14-9-10-16(13-20-14)11-12-19-18(21)15(2)22-17-7-5-3-4-6-8-17/h9-10,13,15,17H,3-8,11-12H2,1-2H3,(H,19,21)/t15-/m0/s1. The molecule has 22 heavy (non-hydrogen) atoms. The van der Waals surface area contributed by atoms with Gasteiger partial charge in [-0.15, -0.1) is 0 Å². The first-order valence-electron chi connectivity index (χ1n) is 8.50. The lowest BCUT2D eigenvalue weighted by atomic mass is 10.1. The smallest absolute Gasteiger partial charge is 0.248 e. The molecule has 0 radical (unpaired) electrons. The van der Waals surface area contributed by atoms with E-state index in [1.54, 1.807) is 0 Å². The molecule has 0 aliphatic heterocycles. The van der Waals surface area contributed by atoms with Gasteiger partial charge in [-0.05, 0) is 44.7 Å². The molecule has 4 heteroatoms. The van der Waals surface area contributed by atoms with Gasteiger partial charge in [-0.1, -0.05) is 31.7 Å². The Morgan fingerprint density at radius 3 is 2.68 bits per heavy atom. The maximum absolute atomic E-state index is 12.1. The number of ether oxygens (including phenoxy) is 1. The minimum Gasteiger partial charge on any atom is -0.365 e. The van der Waals surface area contributed by atoms with Crippen molar-refractivity contribution in [1.29, 1.82) is 0 Å². The van der Waals surface area contributed by atoms with E-state index in [2.05, 4.69) is 16.4 Å². The van der Waals surface area contributed by atoms with Crippen LogP contribution in [0.15, 0.2) is 18.3 Å².